The summed E-state index contributed by atoms with van der Waals surface area (Å²) in [4.78, 5) is 9.28. The molecule has 0 unspecified atom stereocenters. The fourth-order valence-electron chi connectivity index (χ4n) is 2.85. The van der Waals surface area contributed by atoms with E-state index in [0.717, 1.165) is 35.0 Å². The van der Waals surface area contributed by atoms with Crippen molar-refractivity contribution in [2.45, 2.75) is 19.8 Å². The van der Waals surface area contributed by atoms with E-state index in [2.05, 4.69) is 57.7 Å². The largest absolute Gasteiger partial charge is 0.369 e. The number of hydrogen-bond acceptors (Lipinski definition) is 3. The van der Waals surface area contributed by atoms with Crippen LogP contribution in [-0.2, 0) is 0 Å². The molecule has 22 heavy (non-hydrogen) atoms. The number of aromatic nitrogens is 2. The second-order valence-corrected chi connectivity index (χ2v) is 6.01. The third kappa shape index (κ3) is 2.54. The molecular weight excluding hydrogens is 270 g/mol. The van der Waals surface area contributed by atoms with Crippen LogP contribution in [0, 0.1) is 12.8 Å². The minimum atomic E-state index is 0.814. The summed E-state index contributed by atoms with van der Waals surface area (Å²) >= 11 is 0. The molecule has 0 atom stereocenters. The predicted octanol–water partition coefficient (Wildman–Crippen LogP) is 4.43. The molecule has 3 heteroatoms. The number of fused-ring (bicyclic) bond motifs is 1. The van der Waals surface area contributed by atoms with Crippen LogP contribution in [0.2, 0.25) is 0 Å². The first-order valence-electron chi connectivity index (χ1n) is 7.88. The normalized spacial score (nSPS) is 14.2. The number of anilines is 1. The van der Waals surface area contributed by atoms with Crippen molar-refractivity contribution < 1.29 is 0 Å². The molecule has 0 spiro atoms. The molecule has 0 radical (unpaired) electrons. The van der Waals surface area contributed by atoms with Crippen LogP contribution in [0.5, 0.6) is 0 Å². The van der Waals surface area contributed by atoms with Gasteiger partial charge in [0, 0.05) is 6.54 Å². The quantitative estimate of drug-likeness (QED) is 0.772. The molecule has 1 N–H and O–H groups in total. The number of nitrogens with one attached hydrogen (secondary N) is 1. The van der Waals surface area contributed by atoms with Crippen molar-refractivity contribution >= 4 is 16.7 Å². The maximum atomic E-state index is 4.67. The molecule has 0 aliphatic heterocycles. The Balaban J connectivity index is 1.88. The molecule has 4 rings (SSSR count). The maximum Gasteiger partial charge on any atom is 0.138 e. The number of aryl methyl sites for hydroxylation is 1. The van der Waals surface area contributed by atoms with Gasteiger partial charge in [0.15, 0.2) is 0 Å². The minimum absolute atomic E-state index is 0.814. The van der Waals surface area contributed by atoms with E-state index in [4.69, 9.17) is 0 Å². The maximum absolute atomic E-state index is 4.67. The van der Waals surface area contributed by atoms with Crippen LogP contribution in [0.15, 0.2) is 48.5 Å². The van der Waals surface area contributed by atoms with E-state index in [1.54, 1.807) is 0 Å². The number of nitrogens with zero attached hydrogens (tertiary/aromatic N) is 2. The highest BCUT2D eigenvalue weighted by molar-refractivity contribution is 6.01. The second kappa shape index (κ2) is 5.41. The molecular formula is C19H19N3. The van der Waals surface area contributed by atoms with Gasteiger partial charge in [0.05, 0.1) is 10.9 Å². The van der Waals surface area contributed by atoms with Gasteiger partial charge in [-0.25, -0.2) is 9.97 Å². The van der Waals surface area contributed by atoms with Gasteiger partial charge in [-0.15, -0.1) is 0 Å². The van der Waals surface area contributed by atoms with Gasteiger partial charge in [-0.2, -0.15) is 0 Å². The minimum Gasteiger partial charge on any atom is -0.369 e. The van der Waals surface area contributed by atoms with Gasteiger partial charge in [-0.3, -0.25) is 0 Å². The first kappa shape index (κ1) is 13.3. The summed E-state index contributed by atoms with van der Waals surface area (Å²) < 4.78 is 0. The number of hydrogen-bond donors (Lipinski definition) is 1. The Morgan fingerprint density at radius 2 is 1.82 bits per heavy atom. The summed E-state index contributed by atoms with van der Waals surface area (Å²) in [5, 5.41) is 4.67. The Labute approximate surface area is 130 Å². The average Bonchev–Trinajstić information content (AvgIpc) is 3.37. The van der Waals surface area contributed by atoms with Gasteiger partial charge in [0.25, 0.3) is 0 Å². The lowest BCUT2D eigenvalue weighted by Crippen LogP contribution is -2.07. The van der Waals surface area contributed by atoms with E-state index < -0.39 is 0 Å². The van der Waals surface area contributed by atoms with Crippen molar-refractivity contribution in [3.05, 3.63) is 54.4 Å². The molecule has 3 aromatic rings. The smallest absolute Gasteiger partial charge is 0.138 e. The van der Waals surface area contributed by atoms with Gasteiger partial charge in [-0.05, 0) is 42.9 Å². The zero-order valence-corrected chi connectivity index (χ0v) is 12.7. The lowest BCUT2D eigenvalue weighted by Gasteiger charge is -2.13. The fourth-order valence-corrected chi connectivity index (χ4v) is 2.85. The summed E-state index contributed by atoms with van der Waals surface area (Å²) in [6.45, 7) is 2.96. The van der Waals surface area contributed by atoms with Crippen LogP contribution < -0.4 is 5.32 Å². The number of rotatable bonds is 4. The third-order valence-electron chi connectivity index (χ3n) is 4.18. The summed E-state index contributed by atoms with van der Waals surface area (Å²) in [6, 6.07) is 16.8. The van der Waals surface area contributed by atoms with Crippen molar-refractivity contribution in [1.29, 1.82) is 0 Å². The van der Waals surface area contributed by atoms with E-state index in [-0.39, 0.29) is 0 Å². The SMILES string of the molecule is Cc1nc(NCC2CC2)c2c(-c3ccccc3)cccc2n1. The highest BCUT2D eigenvalue weighted by Gasteiger charge is 2.21. The molecule has 0 amide bonds. The zero-order valence-electron chi connectivity index (χ0n) is 12.7. The molecule has 1 heterocycles. The summed E-state index contributed by atoms with van der Waals surface area (Å²) in [5.41, 5.74) is 3.40. The Morgan fingerprint density at radius 3 is 2.59 bits per heavy atom. The molecule has 2 aromatic carbocycles. The standard InChI is InChI=1S/C19H19N3/c1-13-21-17-9-5-8-16(15-6-3-2-4-7-15)18(17)19(22-13)20-12-14-10-11-14/h2-9,14H,10-12H2,1H3,(H,20,21,22). The summed E-state index contributed by atoms with van der Waals surface area (Å²) in [6.07, 6.45) is 2.67. The summed E-state index contributed by atoms with van der Waals surface area (Å²) in [7, 11) is 0. The lowest BCUT2D eigenvalue weighted by molar-refractivity contribution is 0.881. The number of benzene rings is 2. The molecule has 1 fully saturated rings. The van der Waals surface area contributed by atoms with E-state index >= 15 is 0 Å². The lowest BCUT2D eigenvalue weighted by atomic mass is 10.0. The van der Waals surface area contributed by atoms with Crippen LogP contribution in [0.4, 0.5) is 5.82 Å². The Morgan fingerprint density at radius 1 is 1.00 bits per heavy atom. The molecule has 1 aromatic heterocycles. The van der Waals surface area contributed by atoms with Gasteiger partial charge in [-0.1, -0.05) is 42.5 Å². The third-order valence-corrected chi connectivity index (χ3v) is 4.18. The predicted molar refractivity (Wildman–Crippen MR) is 90.9 cm³/mol. The Bertz CT molecular complexity index is 808. The topological polar surface area (TPSA) is 37.8 Å². The highest BCUT2D eigenvalue weighted by atomic mass is 15.0. The van der Waals surface area contributed by atoms with Crippen LogP contribution >= 0.6 is 0 Å². The molecule has 0 bridgehead atoms. The van der Waals surface area contributed by atoms with Gasteiger partial charge < -0.3 is 5.32 Å². The van der Waals surface area contributed by atoms with Crippen LogP contribution in [0.25, 0.3) is 22.0 Å². The second-order valence-electron chi connectivity index (χ2n) is 6.01. The Kier molecular flexibility index (Phi) is 3.26. The van der Waals surface area contributed by atoms with Crippen molar-refractivity contribution in [2.24, 2.45) is 5.92 Å². The van der Waals surface area contributed by atoms with E-state index in [1.807, 2.05) is 13.0 Å². The molecule has 1 aliphatic rings. The first-order valence-corrected chi connectivity index (χ1v) is 7.88. The van der Waals surface area contributed by atoms with Gasteiger partial charge in [0.2, 0.25) is 0 Å². The monoisotopic (exact) mass is 289 g/mol. The first-order chi connectivity index (χ1) is 10.8. The molecule has 110 valence electrons. The van der Waals surface area contributed by atoms with Gasteiger partial charge in [0.1, 0.15) is 11.6 Å². The fraction of sp³-hybridized carbons (Fsp3) is 0.263. The average molecular weight is 289 g/mol. The van der Waals surface area contributed by atoms with E-state index in [9.17, 15) is 0 Å². The van der Waals surface area contributed by atoms with Gasteiger partial charge >= 0.3 is 0 Å². The van der Waals surface area contributed by atoms with Crippen LogP contribution in [0.1, 0.15) is 18.7 Å². The Hall–Kier alpha value is -2.42. The van der Waals surface area contributed by atoms with E-state index in [0.29, 0.717) is 0 Å². The molecule has 3 nitrogen and oxygen atoms in total. The van der Waals surface area contributed by atoms with Crippen molar-refractivity contribution in [3.63, 3.8) is 0 Å². The molecule has 1 aliphatic carbocycles. The molecule has 0 saturated heterocycles. The van der Waals surface area contributed by atoms with Crippen LogP contribution in [-0.4, -0.2) is 16.5 Å². The van der Waals surface area contributed by atoms with Crippen molar-refractivity contribution in [2.75, 3.05) is 11.9 Å². The van der Waals surface area contributed by atoms with Crippen LogP contribution in [0.3, 0.4) is 0 Å². The highest BCUT2D eigenvalue weighted by Crippen LogP contribution is 2.34. The molecule has 1 saturated carbocycles. The van der Waals surface area contributed by atoms with Crippen molar-refractivity contribution in [3.8, 4) is 11.1 Å². The summed E-state index contributed by atoms with van der Waals surface area (Å²) in [5.74, 6) is 2.60. The van der Waals surface area contributed by atoms with Crippen molar-refractivity contribution in [1.82, 2.24) is 9.97 Å². The zero-order chi connectivity index (χ0) is 14.9. The van der Waals surface area contributed by atoms with E-state index in [1.165, 1.54) is 24.0 Å².